The number of hydrogen-bond donors (Lipinski definition) is 2. The van der Waals surface area contributed by atoms with Gasteiger partial charge in [-0.15, -0.1) is 0 Å². The van der Waals surface area contributed by atoms with E-state index >= 15 is 0 Å². The molecule has 0 unspecified atom stereocenters. The van der Waals surface area contributed by atoms with Crippen LogP contribution in [0.15, 0.2) is 24.3 Å². The van der Waals surface area contributed by atoms with Crippen LogP contribution in [0.3, 0.4) is 0 Å². The molecule has 25 heavy (non-hydrogen) atoms. The number of hydrogen-bond acceptors (Lipinski definition) is 4. The maximum atomic E-state index is 12.4. The van der Waals surface area contributed by atoms with E-state index in [-0.39, 0.29) is 12.1 Å². The molecule has 0 saturated carbocycles. The highest BCUT2D eigenvalue weighted by molar-refractivity contribution is 5.89. The molecule has 2 heterocycles. The zero-order chi connectivity index (χ0) is 17.8. The number of aromatic nitrogens is 3. The normalized spacial score (nSPS) is 15.4. The Balaban J connectivity index is 1.51. The second-order valence-corrected chi connectivity index (χ2v) is 6.66. The van der Waals surface area contributed by atoms with Crippen LogP contribution in [-0.4, -0.2) is 45.3 Å². The summed E-state index contributed by atoms with van der Waals surface area (Å²) in [5.74, 6) is 2.82. The van der Waals surface area contributed by atoms with Gasteiger partial charge in [0.1, 0.15) is 11.6 Å². The van der Waals surface area contributed by atoms with Gasteiger partial charge >= 0.3 is 6.03 Å². The molecule has 1 aliphatic rings. The van der Waals surface area contributed by atoms with Crippen LogP contribution in [0.2, 0.25) is 0 Å². The molecule has 0 radical (unpaired) electrons. The minimum atomic E-state index is -0.0675. The van der Waals surface area contributed by atoms with Crippen molar-refractivity contribution in [1.29, 1.82) is 0 Å². The van der Waals surface area contributed by atoms with E-state index < -0.39 is 0 Å². The Morgan fingerprint density at radius 2 is 1.96 bits per heavy atom. The summed E-state index contributed by atoms with van der Waals surface area (Å²) in [6.45, 7) is 7.28. The van der Waals surface area contributed by atoms with Crippen LogP contribution in [0.4, 0.5) is 10.5 Å². The van der Waals surface area contributed by atoms with E-state index in [1.807, 2.05) is 49.9 Å². The van der Waals surface area contributed by atoms with Crippen molar-refractivity contribution in [2.45, 2.75) is 45.6 Å². The first-order valence-corrected chi connectivity index (χ1v) is 8.73. The fourth-order valence-corrected chi connectivity index (χ4v) is 2.97. The van der Waals surface area contributed by atoms with Gasteiger partial charge in [-0.1, -0.05) is 0 Å². The summed E-state index contributed by atoms with van der Waals surface area (Å²) in [4.78, 5) is 18.7. The predicted octanol–water partition coefficient (Wildman–Crippen LogP) is 3.31. The van der Waals surface area contributed by atoms with Crippen molar-refractivity contribution in [3.63, 3.8) is 0 Å². The molecule has 2 N–H and O–H groups in total. The molecule has 7 heteroatoms. The van der Waals surface area contributed by atoms with Gasteiger partial charge in [-0.2, -0.15) is 5.10 Å². The summed E-state index contributed by atoms with van der Waals surface area (Å²) in [7, 11) is 0. The lowest BCUT2D eigenvalue weighted by Gasteiger charge is -2.30. The van der Waals surface area contributed by atoms with Crippen molar-refractivity contribution in [3.05, 3.63) is 35.9 Å². The third kappa shape index (κ3) is 4.49. The molecule has 1 aromatic heterocycles. The number of rotatable bonds is 4. The number of benzene rings is 1. The van der Waals surface area contributed by atoms with Gasteiger partial charge in [0, 0.05) is 24.7 Å². The highest BCUT2D eigenvalue weighted by Gasteiger charge is 2.26. The number of H-pyrrole nitrogens is 1. The third-order valence-electron chi connectivity index (χ3n) is 4.24. The lowest BCUT2D eigenvalue weighted by molar-refractivity contribution is 0.193. The van der Waals surface area contributed by atoms with Crippen molar-refractivity contribution in [3.8, 4) is 5.75 Å². The first-order chi connectivity index (χ1) is 12.0. The number of ether oxygens (including phenoxy) is 1. The van der Waals surface area contributed by atoms with Crippen LogP contribution in [0.25, 0.3) is 0 Å². The summed E-state index contributed by atoms with van der Waals surface area (Å²) in [5.41, 5.74) is 0.771. The van der Waals surface area contributed by atoms with E-state index in [0.29, 0.717) is 19.0 Å². The van der Waals surface area contributed by atoms with E-state index in [9.17, 15) is 4.79 Å². The topological polar surface area (TPSA) is 83.1 Å². The van der Waals surface area contributed by atoms with Gasteiger partial charge in [0.15, 0.2) is 5.82 Å². The van der Waals surface area contributed by atoms with Gasteiger partial charge in [-0.05, 0) is 57.9 Å². The number of aryl methyl sites for hydroxylation is 1. The number of likely N-dealkylation sites (tertiary alicyclic amines) is 1. The Kier molecular flexibility index (Phi) is 5.21. The lowest BCUT2D eigenvalue weighted by atomic mass is 9.96. The molecule has 1 saturated heterocycles. The number of carbonyl (C=O) groups excluding carboxylic acids is 1. The largest absolute Gasteiger partial charge is 0.491 e. The Bertz CT molecular complexity index is 703. The Hall–Kier alpha value is -2.57. The molecule has 2 amide bonds. The second-order valence-electron chi connectivity index (χ2n) is 6.66. The average Bonchev–Trinajstić information content (AvgIpc) is 3.03. The van der Waals surface area contributed by atoms with Gasteiger partial charge < -0.3 is 15.0 Å². The Labute approximate surface area is 147 Å². The van der Waals surface area contributed by atoms with Crippen molar-refractivity contribution in [2.75, 3.05) is 18.4 Å². The minimum absolute atomic E-state index is 0.0675. The predicted molar refractivity (Wildman–Crippen MR) is 95.9 cm³/mol. The lowest BCUT2D eigenvalue weighted by Crippen LogP contribution is -2.40. The molecule has 0 atom stereocenters. The SMILES string of the molecule is Cc1nc(C2CCN(C(=O)Nc3ccc(OC(C)C)cc3)CC2)n[nH]1. The fourth-order valence-electron chi connectivity index (χ4n) is 2.97. The van der Waals surface area contributed by atoms with Gasteiger partial charge in [0.25, 0.3) is 0 Å². The van der Waals surface area contributed by atoms with Gasteiger partial charge in [0.2, 0.25) is 0 Å². The summed E-state index contributed by atoms with van der Waals surface area (Å²) in [6, 6.07) is 7.39. The highest BCUT2D eigenvalue weighted by atomic mass is 16.5. The number of urea groups is 1. The average molecular weight is 343 g/mol. The van der Waals surface area contributed by atoms with Crippen molar-refractivity contribution in [1.82, 2.24) is 20.1 Å². The molecule has 7 nitrogen and oxygen atoms in total. The van der Waals surface area contributed by atoms with Gasteiger partial charge in [-0.3, -0.25) is 5.10 Å². The highest BCUT2D eigenvalue weighted by Crippen LogP contribution is 2.26. The summed E-state index contributed by atoms with van der Waals surface area (Å²) < 4.78 is 5.61. The summed E-state index contributed by atoms with van der Waals surface area (Å²) in [6.07, 6.45) is 1.90. The molecule has 0 bridgehead atoms. The van der Waals surface area contributed by atoms with Crippen molar-refractivity contribution in [2.24, 2.45) is 0 Å². The number of piperidine rings is 1. The number of anilines is 1. The maximum absolute atomic E-state index is 12.4. The zero-order valence-electron chi connectivity index (χ0n) is 15.0. The van der Waals surface area contributed by atoms with Gasteiger partial charge in [-0.25, -0.2) is 9.78 Å². The van der Waals surface area contributed by atoms with E-state index in [2.05, 4.69) is 20.5 Å². The van der Waals surface area contributed by atoms with E-state index in [1.165, 1.54) is 0 Å². The molecule has 1 aromatic carbocycles. The van der Waals surface area contributed by atoms with E-state index in [0.717, 1.165) is 35.9 Å². The van der Waals surface area contributed by atoms with E-state index in [4.69, 9.17) is 4.74 Å². The van der Waals surface area contributed by atoms with Crippen LogP contribution in [0.5, 0.6) is 5.75 Å². The molecular formula is C18H25N5O2. The van der Waals surface area contributed by atoms with Crippen LogP contribution < -0.4 is 10.1 Å². The van der Waals surface area contributed by atoms with Crippen molar-refractivity contribution >= 4 is 11.7 Å². The quantitative estimate of drug-likeness (QED) is 0.892. The van der Waals surface area contributed by atoms with Crippen LogP contribution >= 0.6 is 0 Å². The monoisotopic (exact) mass is 343 g/mol. The number of amides is 2. The molecule has 1 fully saturated rings. The smallest absolute Gasteiger partial charge is 0.321 e. The zero-order valence-corrected chi connectivity index (χ0v) is 15.0. The summed E-state index contributed by atoms with van der Waals surface area (Å²) in [5, 5.41) is 10.1. The third-order valence-corrected chi connectivity index (χ3v) is 4.24. The Morgan fingerprint density at radius 1 is 1.28 bits per heavy atom. The van der Waals surface area contributed by atoms with E-state index in [1.54, 1.807) is 0 Å². The number of nitrogens with zero attached hydrogens (tertiary/aromatic N) is 3. The van der Waals surface area contributed by atoms with Crippen LogP contribution in [0.1, 0.15) is 44.3 Å². The Morgan fingerprint density at radius 3 is 2.52 bits per heavy atom. The number of aromatic amines is 1. The molecule has 134 valence electrons. The first kappa shape index (κ1) is 17.3. The first-order valence-electron chi connectivity index (χ1n) is 8.73. The molecule has 0 spiro atoms. The van der Waals surface area contributed by atoms with Crippen molar-refractivity contribution < 1.29 is 9.53 Å². The van der Waals surface area contributed by atoms with Crippen LogP contribution in [-0.2, 0) is 0 Å². The second kappa shape index (κ2) is 7.55. The number of nitrogens with one attached hydrogen (secondary N) is 2. The minimum Gasteiger partial charge on any atom is -0.491 e. The molecular weight excluding hydrogens is 318 g/mol. The fraction of sp³-hybridized carbons (Fsp3) is 0.500. The molecule has 1 aliphatic heterocycles. The molecule has 2 aromatic rings. The molecule has 0 aliphatic carbocycles. The van der Waals surface area contributed by atoms with Crippen LogP contribution in [0, 0.1) is 6.92 Å². The number of carbonyl (C=O) groups is 1. The maximum Gasteiger partial charge on any atom is 0.321 e. The standard InChI is InChI=1S/C18H25N5O2/c1-12(2)25-16-6-4-15(5-7-16)20-18(24)23-10-8-14(9-11-23)17-19-13(3)21-22-17/h4-7,12,14H,8-11H2,1-3H3,(H,20,24)(H,19,21,22). The molecule has 3 rings (SSSR count). The summed E-state index contributed by atoms with van der Waals surface area (Å²) >= 11 is 0. The van der Waals surface area contributed by atoms with Gasteiger partial charge in [0.05, 0.1) is 6.10 Å².